The summed E-state index contributed by atoms with van der Waals surface area (Å²) in [6.45, 7) is 2.18. The van der Waals surface area contributed by atoms with Crippen LogP contribution in [-0.2, 0) is 5.60 Å². The summed E-state index contributed by atoms with van der Waals surface area (Å²) in [4.78, 5) is 0. The Morgan fingerprint density at radius 3 is 2.53 bits per heavy atom. The molecule has 1 N–H and O–H groups in total. The Bertz CT molecular complexity index is 413. The van der Waals surface area contributed by atoms with Crippen LogP contribution in [0.4, 0.5) is 0 Å². The first-order valence-electron chi connectivity index (χ1n) is 7.99. The average Bonchev–Trinajstić information content (AvgIpc) is 3.02. The van der Waals surface area contributed by atoms with Crippen LogP contribution in [0.1, 0.15) is 57.4 Å². The van der Waals surface area contributed by atoms with Crippen LogP contribution in [0.15, 0.2) is 30.3 Å². The summed E-state index contributed by atoms with van der Waals surface area (Å²) in [5.41, 5.74) is 0.533. The fraction of sp³-hybridized carbons (Fsp3) is 0.667. The smallest absolute Gasteiger partial charge is 0.0899 e. The van der Waals surface area contributed by atoms with Crippen molar-refractivity contribution in [2.75, 3.05) is 0 Å². The SMILES string of the molecule is CCCC(O)(CC1CC2CCC1C2)c1ccccc1. The minimum absolute atomic E-state index is 0.592. The number of hydrogen-bond acceptors (Lipinski definition) is 1. The van der Waals surface area contributed by atoms with E-state index >= 15 is 0 Å². The van der Waals surface area contributed by atoms with Gasteiger partial charge in [0.25, 0.3) is 0 Å². The molecule has 1 heteroatoms. The molecule has 0 heterocycles. The van der Waals surface area contributed by atoms with E-state index in [0.29, 0.717) is 0 Å². The van der Waals surface area contributed by atoms with Crippen molar-refractivity contribution in [1.82, 2.24) is 0 Å². The zero-order valence-corrected chi connectivity index (χ0v) is 12.0. The van der Waals surface area contributed by atoms with E-state index in [2.05, 4.69) is 31.2 Å². The van der Waals surface area contributed by atoms with E-state index in [1.807, 2.05) is 6.07 Å². The molecule has 0 saturated heterocycles. The third-order valence-electron chi connectivity index (χ3n) is 5.46. The van der Waals surface area contributed by atoms with Gasteiger partial charge in [0.1, 0.15) is 0 Å². The van der Waals surface area contributed by atoms with E-state index in [1.54, 1.807) is 0 Å². The van der Waals surface area contributed by atoms with Gasteiger partial charge in [-0.2, -0.15) is 0 Å². The van der Waals surface area contributed by atoms with Gasteiger partial charge in [-0.1, -0.05) is 50.1 Å². The van der Waals surface area contributed by atoms with Crippen LogP contribution in [0.2, 0.25) is 0 Å². The van der Waals surface area contributed by atoms with Crippen molar-refractivity contribution >= 4 is 0 Å². The summed E-state index contributed by atoms with van der Waals surface area (Å²) in [6.07, 6.45) is 8.57. The van der Waals surface area contributed by atoms with Crippen molar-refractivity contribution < 1.29 is 5.11 Å². The Labute approximate surface area is 117 Å². The van der Waals surface area contributed by atoms with Gasteiger partial charge in [0.15, 0.2) is 0 Å². The topological polar surface area (TPSA) is 20.2 Å². The van der Waals surface area contributed by atoms with Crippen molar-refractivity contribution in [2.45, 2.75) is 57.5 Å². The Balaban J connectivity index is 1.77. The predicted molar refractivity (Wildman–Crippen MR) is 78.8 cm³/mol. The van der Waals surface area contributed by atoms with E-state index in [0.717, 1.165) is 42.6 Å². The molecule has 4 unspecified atom stereocenters. The molecule has 0 spiro atoms. The summed E-state index contributed by atoms with van der Waals surface area (Å²) < 4.78 is 0. The largest absolute Gasteiger partial charge is 0.385 e. The molecule has 0 aromatic heterocycles. The fourth-order valence-electron chi connectivity index (χ4n) is 4.59. The van der Waals surface area contributed by atoms with E-state index in [-0.39, 0.29) is 0 Å². The molecule has 19 heavy (non-hydrogen) atoms. The highest BCUT2D eigenvalue weighted by Crippen LogP contribution is 2.52. The maximum atomic E-state index is 11.2. The minimum Gasteiger partial charge on any atom is -0.385 e. The average molecular weight is 258 g/mol. The van der Waals surface area contributed by atoms with E-state index in [9.17, 15) is 5.11 Å². The maximum Gasteiger partial charge on any atom is 0.0899 e. The third-order valence-corrected chi connectivity index (χ3v) is 5.46. The first-order chi connectivity index (χ1) is 9.21. The minimum atomic E-state index is -0.592. The van der Waals surface area contributed by atoms with Crippen LogP contribution < -0.4 is 0 Å². The molecule has 2 saturated carbocycles. The maximum absolute atomic E-state index is 11.2. The lowest BCUT2D eigenvalue weighted by Crippen LogP contribution is -2.30. The first-order valence-corrected chi connectivity index (χ1v) is 7.99. The first kappa shape index (κ1) is 13.2. The third kappa shape index (κ3) is 2.58. The van der Waals surface area contributed by atoms with Crippen molar-refractivity contribution in [3.63, 3.8) is 0 Å². The van der Waals surface area contributed by atoms with Crippen LogP contribution in [0, 0.1) is 17.8 Å². The van der Waals surface area contributed by atoms with Gasteiger partial charge >= 0.3 is 0 Å². The molecule has 2 aliphatic rings. The van der Waals surface area contributed by atoms with Gasteiger partial charge in [-0.3, -0.25) is 0 Å². The van der Waals surface area contributed by atoms with E-state index in [1.165, 1.54) is 25.7 Å². The van der Waals surface area contributed by atoms with E-state index in [4.69, 9.17) is 0 Å². The van der Waals surface area contributed by atoms with Gasteiger partial charge in [-0.15, -0.1) is 0 Å². The molecule has 2 fully saturated rings. The van der Waals surface area contributed by atoms with Crippen LogP contribution >= 0.6 is 0 Å². The van der Waals surface area contributed by atoms with Gasteiger partial charge in [0.2, 0.25) is 0 Å². The Hall–Kier alpha value is -0.820. The second kappa shape index (κ2) is 5.28. The molecule has 2 bridgehead atoms. The summed E-state index contributed by atoms with van der Waals surface area (Å²) in [5, 5.41) is 11.2. The molecular formula is C18H26O. The number of rotatable bonds is 5. The van der Waals surface area contributed by atoms with Crippen molar-refractivity contribution in [3.8, 4) is 0 Å². The summed E-state index contributed by atoms with van der Waals surface area (Å²) in [7, 11) is 0. The molecule has 0 amide bonds. The highest BCUT2D eigenvalue weighted by atomic mass is 16.3. The number of fused-ring (bicyclic) bond motifs is 2. The van der Waals surface area contributed by atoms with Gasteiger partial charge in [-0.05, 0) is 55.4 Å². The summed E-state index contributed by atoms with van der Waals surface area (Å²) in [5.74, 6) is 2.63. The second-order valence-electron chi connectivity index (χ2n) is 6.79. The normalized spacial score (nSPS) is 32.4. The van der Waals surface area contributed by atoms with Crippen LogP contribution in [0.3, 0.4) is 0 Å². The lowest BCUT2D eigenvalue weighted by molar-refractivity contribution is -0.00628. The lowest BCUT2D eigenvalue weighted by Gasteiger charge is -2.34. The summed E-state index contributed by atoms with van der Waals surface area (Å²) >= 11 is 0. The van der Waals surface area contributed by atoms with E-state index < -0.39 is 5.60 Å². The van der Waals surface area contributed by atoms with Crippen molar-refractivity contribution in [1.29, 1.82) is 0 Å². The molecular weight excluding hydrogens is 232 g/mol. The van der Waals surface area contributed by atoms with Gasteiger partial charge in [-0.25, -0.2) is 0 Å². The quantitative estimate of drug-likeness (QED) is 0.824. The monoisotopic (exact) mass is 258 g/mol. The predicted octanol–water partition coefficient (Wildman–Crippen LogP) is 4.50. The van der Waals surface area contributed by atoms with Crippen molar-refractivity contribution in [3.05, 3.63) is 35.9 Å². The molecule has 4 atom stereocenters. The Kier molecular flexibility index (Phi) is 3.66. The second-order valence-corrected chi connectivity index (χ2v) is 6.79. The van der Waals surface area contributed by atoms with Gasteiger partial charge in [0.05, 0.1) is 5.60 Å². The standard InChI is InChI=1S/C18H26O/c1-2-10-18(19,17-6-4-3-5-7-17)13-16-12-14-8-9-15(16)11-14/h3-7,14-16,19H,2,8-13H2,1H3. The molecule has 0 radical (unpaired) electrons. The number of aliphatic hydroxyl groups is 1. The zero-order valence-electron chi connectivity index (χ0n) is 12.0. The highest BCUT2D eigenvalue weighted by molar-refractivity contribution is 5.22. The molecule has 2 aliphatic carbocycles. The number of hydrogen-bond donors (Lipinski definition) is 1. The highest BCUT2D eigenvalue weighted by Gasteiger charge is 2.43. The Morgan fingerprint density at radius 1 is 1.16 bits per heavy atom. The molecule has 1 aromatic carbocycles. The number of benzene rings is 1. The van der Waals surface area contributed by atoms with Crippen LogP contribution in [0.25, 0.3) is 0 Å². The lowest BCUT2D eigenvalue weighted by atomic mass is 9.76. The molecule has 0 aliphatic heterocycles. The summed E-state index contributed by atoms with van der Waals surface area (Å²) in [6, 6.07) is 10.3. The Morgan fingerprint density at radius 2 is 1.95 bits per heavy atom. The molecule has 1 nitrogen and oxygen atoms in total. The molecule has 3 rings (SSSR count). The van der Waals surface area contributed by atoms with Gasteiger partial charge < -0.3 is 5.11 Å². The fourth-order valence-corrected chi connectivity index (χ4v) is 4.59. The molecule has 104 valence electrons. The van der Waals surface area contributed by atoms with Crippen LogP contribution in [-0.4, -0.2) is 5.11 Å². The molecule has 1 aromatic rings. The zero-order chi connectivity index (χ0) is 13.3. The van der Waals surface area contributed by atoms with Gasteiger partial charge in [0, 0.05) is 0 Å². The van der Waals surface area contributed by atoms with Crippen molar-refractivity contribution in [2.24, 2.45) is 17.8 Å². The van der Waals surface area contributed by atoms with Crippen LogP contribution in [0.5, 0.6) is 0 Å².